The van der Waals surface area contributed by atoms with E-state index in [0.29, 0.717) is 11.2 Å². The Kier molecular flexibility index (Phi) is 6.81. The van der Waals surface area contributed by atoms with E-state index in [-0.39, 0.29) is 23.5 Å². The first-order chi connectivity index (χ1) is 11.0. The second-order valence-corrected chi connectivity index (χ2v) is 5.99. The summed E-state index contributed by atoms with van der Waals surface area (Å²) in [5, 5.41) is 5.66. The fraction of sp³-hybridized carbons (Fsp3) is 0.462. The van der Waals surface area contributed by atoms with Gasteiger partial charge >= 0.3 is 0 Å². The largest absolute Gasteiger partial charge is 0.444 e. The molecule has 8 nitrogen and oxygen atoms in total. The lowest BCUT2D eigenvalue weighted by Crippen LogP contribution is -2.50. The van der Waals surface area contributed by atoms with Gasteiger partial charge in [-0.3, -0.25) is 20.4 Å². The summed E-state index contributed by atoms with van der Waals surface area (Å²) in [6.45, 7) is 1.15. The van der Waals surface area contributed by atoms with Crippen molar-refractivity contribution in [2.24, 2.45) is 0 Å². The average Bonchev–Trinajstić information content (AvgIpc) is 3.19. The van der Waals surface area contributed by atoms with Crippen LogP contribution in [0.5, 0.6) is 0 Å². The van der Waals surface area contributed by atoms with Crippen LogP contribution in [0.3, 0.4) is 0 Å². The van der Waals surface area contributed by atoms with Gasteiger partial charge in [0.15, 0.2) is 15.5 Å². The van der Waals surface area contributed by atoms with Gasteiger partial charge in [-0.25, -0.2) is 0 Å². The van der Waals surface area contributed by atoms with Gasteiger partial charge in [-0.2, -0.15) is 0 Å². The molecule has 0 radical (unpaired) electrons. The van der Waals surface area contributed by atoms with E-state index in [1.807, 2.05) is 0 Å². The van der Waals surface area contributed by atoms with E-state index in [1.165, 1.54) is 6.07 Å². The monoisotopic (exact) mass is 404 g/mol. The molecule has 126 valence electrons. The van der Waals surface area contributed by atoms with E-state index < -0.39 is 11.8 Å². The lowest BCUT2D eigenvalue weighted by molar-refractivity contribution is -0.120. The summed E-state index contributed by atoms with van der Waals surface area (Å²) < 4.78 is 11.0. The van der Waals surface area contributed by atoms with Crippen LogP contribution < -0.4 is 21.5 Å². The molecule has 1 fully saturated rings. The van der Waals surface area contributed by atoms with Crippen molar-refractivity contribution in [2.45, 2.75) is 18.9 Å². The molecule has 0 aliphatic carbocycles. The Morgan fingerprint density at radius 1 is 1.30 bits per heavy atom. The maximum absolute atomic E-state index is 11.7. The normalized spacial score (nSPS) is 16.7. The van der Waals surface area contributed by atoms with Crippen molar-refractivity contribution in [3.8, 4) is 0 Å². The number of carbonyl (C=O) groups excluding carboxylic acids is 2. The molecular formula is C13H17BrN4O4S. The van der Waals surface area contributed by atoms with Gasteiger partial charge in [-0.1, -0.05) is 0 Å². The Morgan fingerprint density at radius 2 is 2.13 bits per heavy atom. The number of amides is 2. The predicted molar refractivity (Wildman–Crippen MR) is 89.6 cm³/mol. The fourth-order valence-corrected chi connectivity index (χ4v) is 2.35. The molecule has 0 aromatic carbocycles. The Morgan fingerprint density at radius 3 is 2.78 bits per heavy atom. The third kappa shape index (κ3) is 6.16. The first-order valence-electron chi connectivity index (χ1n) is 7.02. The highest BCUT2D eigenvalue weighted by Crippen LogP contribution is 2.13. The number of halogens is 1. The van der Waals surface area contributed by atoms with Crippen LogP contribution in [0.15, 0.2) is 21.2 Å². The molecule has 1 aliphatic heterocycles. The summed E-state index contributed by atoms with van der Waals surface area (Å²) >= 11 is 8.12. The minimum atomic E-state index is -0.482. The van der Waals surface area contributed by atoms with Crippen molar-refractivity contribution >= 4 is 45.1 Å². The van der Waals surface area contributed by atoms with E-state index in [4.69, 9.17) is 21.4 Å². The van der Waals surface area contributed by atoms with Crippen molar-refractivity contribution in [2.75, 3.05) is 19.7 Å². The van der Waals surface area contributed by atoms with Crippen LogP contribution in [-0.2, 0) is 9.53 Å². The molecular weight excluding hydrogens is 388 g/mol. The summed E-state index contributed by atoms with van der Waals surface area (Å²) in [5.41, 5.74) is 4.94. The number of rotatable bonds is 5. The van der Waals surface area contributed by atoms with Gasteiger partial charge in [0.1, 0.15) is 0 Å². The molecule has 1 aromatic rings. The Balaban J connectivity index is 1.58. The molecule has 0 spiro atoms. The smallest absolute Gasteiger partial charge is 0.287 e. The molecule has 4 N–H and O–H groups in total. The molecule has 0 bridgehead atoms. The van der Waals surface area contributed by atoms with Crippen LogP contribution >= 0.6 is 28.1 Å². The van der Waals surface area contributed by atoms with Crippen molar-refractivity contribution in [3.63, 3.8) is 0 Å². The van der Waals surface area contributed by atoms with Crippen molar-refractivity contribution < 1.29 is 18.7 Å². The quantitative estimate of drug-likeness (QED) is 0.417. The fourth-order valence-electron chi connectivity index (χ4n) is 1.91. The number of thiocarbonyl (C=S) groups is 1. The molecule has 1 saturated heterocycles. The summed E-state index contributed by atoms with van der Waals surface area (Å²) in [4.78, 5) is 23.3. The van der Waals surface area contributed by atoms with Gasteiger partial charge in [0.05, 0.1) is 12.6 Å². The van der Waals surface area contributed by atoms with Gasteiger partial charge in [0, 0.05) is 13.2 Å². The SMILES string of the molecule is O=C(CNC(=O)c1ccc(Br)o1)NNC(=S)NCC1CCCO1. The molecule has 2 heterocycles. The highest BCUT2D eigenvalue weighted by molar-refractivity contribution is 9.10. The molecule has 2 amide bonds. The van der Waals surface area contributed by atoms with Crippen LogP contribution in [-0.4, -0.2) is 42.7 Å². The third-order valence-electron chi connectivity index (χ3n) is 3.04. The van der Waals surface area contributed by atoms with Gasteiger partial charge < -0.3 is 19.8 Å². The number of nitrogens with one attached hydrogen (secondary N) is 4. The first-order valence-corrected chi connectivity index (χ1v) is 8.22. The number of ether oxygens (including phenoxy) is 1. The second kappa shape index (κ2) is 8.85. The Labute approximate surface area is 146 Å². The van der Waals surface area contributed by atoms with E-state index in [0.717, 1.165) is 19.4 Å². The van der Waals surface area contributed by atoms with Crippen LogP contribution in [0.25, 0.3) is 0 Å². The topological polar surface area (TPSA) is 105 Å². The molecule has 2 rings (SSSR count). The maximum atomic E-state index is 11.7. The standard InChI is InChI=1S/C13H17BrN4O4S/c14-10-4-3-9(22-10)12(20)15-7-11(19)17-18-13(23)16-6-8-2-1-5-21-8/h3-4,8H,1-2,5-7H2,(H,15,20)(H,17,19)(H2,16,18,23). The van der Waals surface area contributed by atoms with Gasteiger partial charge in [0.25, 0.3) is 11.8 Å². The van der Waals surface area contributed by atoms with Crippen molar-refractivity contribution in [3.05, 3.63) is 22.6 Å². The number of hydrogen-bond donors (Lipinski definition) is 4. The van der Waals surface area contributed by atoms with Gasteiger partial charge in [0.2, 0.25) is 0 Å². The Hall–Kier alpha value is -1.65. The van der Waals surface area contributed by atoms with Crippen LogP contribution in [0, 0.1) is 0 Å². The van der Waals surface area contributed by atoms with Gasteiger partial charge in [-0.15, -0.1) is 0 Å². The molecule has 1 atom stereocenters. The highest BCUT2D eigenvalue weighted by atomic mass is 79.9. The summed E-state index contributed by atoms with van der Waals surface area (Å²) in [5.74, 6) is -0.804. The van der Waals surface area contributed by atoms with E-state index >= 15 is 0 Å². The zero-order valence-electron chi connectivity index (χ0n) is 12.2. The predicted octanol–water partition coefficient (Wildman–Crippen LogP) is 0.446. The van der Waals surface area contributed by atoms with Crippen LogP contribution in [0.4, 0.5) is 0 Å². The molecule has 1 unspecified atom stereocenters. The summed E-state index contributed by atoms with van der Waals surface area (Å²) in [6.07, 6.45) is 2.20. The first kappa shape index (κ1) is 17.7. The molecule has 23 heavy (non-hydrogen) atoms. The molecule has 10 heteroatoms. The lowest BCUT2D eigenvalue weighted by atomic mass is 10.2. The number of furan rings is 1. The molecule has 0 saturated carbocycles. The zero-order chi connectivity index (χ0) is 16.7. The van der Waals surface area contributed by atoms with Crippen LogP contribution in [0.1, 0.15) is 23.4 Å². The second-order valence-electron chi connectivity index (χ2n) is 4.80. The summed E-state index contributed by atoms with van der Waals surface area (Å²) in [7, 11) is 0. The third-order valence-corrected chi connectivity index (χ3v) is 3.71. The number of hydrogen-bond acceptors (Lipinski definition) is 5. The average molecular weight is 405 g/mol. The lowest BCUT2D eigenvalue weighted by Gasteiger charge is -2.14. The Bertz CT molecular complexity index is 574. The van der Waals surface area contributed by atoms with E-state index in [9.17, 15) is 9.59 Å². The van der Waals surface area contributed by atoms with Crippen molar-refractivity contribution in [1.29, 1.82) is 0 Å². The number of carbonyl (C=O) groups is 2. The minimum absolute atomic E-state index is 0.117. The molecule has 1 aromatic heterocycles. The zero-order valence-corrected chi connectivity index (χ0v) is 14.6. The van der Waals surface area contributed by atoms with Gasteiger partial charge in [-0.05, 0) is 53.1 Å². The van der Waals surface area contributed by atoms with E-state index in [2.05, 4.69) is 37.4 Å². The maximum Gasteiger partial charge on any atom is 0.287 e. The summed E-state index contributed by atoms with van der Waals surface area (Å²) in [6, 6.07) is 3.09. The molecule has 1 aliphatic rings. The minimum Gasteiger partial charge on any atom is -0.444 e. The van der Waals surface area contributed by atoms with Crippen molar-refractivity contribution in [1.82, 2.24) is 21.5 Å². The van der Waals surface area contributed by atoms with E-state index in [1.54, 1.807) is 6.07 Å². The van der Waals surface area contributed by atoms with Crippen LogP contribution in [0.2, 0.25) is 0 Å². The number of hydrazine groups is 1. The highest BCUT2D eigenvalue weighted by Gasteiger charge is 2.15.